The van der Waals surface area contributed by atoms with Crippen LogP contribution in [0.4, 0.5) is 39.5 Å². The van der Waals surface area contributed by atoms with Gasteiger partial charge in [-0.15, -0.1) is 0 Å². The zero-order chi connectivity index (χ0) is 27.6. The van der Waals surface area contributed by atoms with Crippen molar-refractivity contribution in [3.05, 3.63) is 58.4 Å². The van der Waals surface area contributed by atoms with Crippen LogP contribution in [0.15, 0.2) is 30.3 Å². The highest BCUT2D eigenvalue weighted by Gasteiger charge is 2.50. The highest BCUT2D eigenvalue weighted by atomic mass is 19.4. The van der Waals surface area contributed by atoms with Crippen LogP contribution in [0.3, 0.4) is 0 Å². The lowest BCUT2D eigenvalue weighted by Crippen LogP contribution is -2.27. The molecule has 0 spiro atoms. The fraction of sp³-hybridized carbons (Fsp3) is 0.538. The van der Waals surface area contributed by atoms with Crippen molar-refractivity contribution in [2.75, 3.05) is 6.61 Å². The van der Waals surface area contributed by atoms with E-state index in [1.807, 2.05) is 0 Å². The Hall–Kier alpha value is -2.59. The number of hydrogen-bond acceptors (Lipinski definition) is 2. The normalized spacial score (nSPS) is 19.1. The van der Waals surface area contributed by atoms with E-state index >= 15 is 0 Å². The Morgan fingerprint density at radius 1 is 0.784 bits per heavy atom. The molecule has 0 aliphatic heterocycles. The summed E-state index contributed by atoms with van der Waals surface area (Å²) in [6, 6.07) is 3.61. The molecule has 0 unspecified atom stereocenters. The van der Waals surface area contributed by atoms with E-state index in [-0.39, 0.29) is 5.92 Å². The topological polar surface area (TPSA) is 18.5 Å². The summed E-state index contributed by atoms with van der Waals surface area (Å²) < 4.78 is 135. The van der Waals surface area contributed by atoms with Crippen molar-refractivity contribution in [3.63, 3.8) is 0 Å². The lowest BCUT2D eigenvalue weighted by molar-refractivity contribution is -0.196. The molecule has 1 fully saturated rings. The Morgan fingerprint density at radius 3 is 1.86 bits per heavy atom. The molecule has 3 rings (SSSR count). The van der Waals surface area contributed by atoms with Crippen LogP contribution in [0.2, 0.25) is 0 Å². The number of rotatable bonds is 8. The predicted molar refractivity (Wildman–Crippen MR) is 118 cm³/mol. The van der Waals surface area contributed by atoms with E-state index < -0.39 is 59.1 Å². The van der Waals surface area contributed by atoms with Crippen LogP contribution in [0.1, 0.15) is 80.5 Å². The molecular formula is C26H27F9O2. The van der Waals surface area contributed by atoms with Crippen LogP contribution in [0.5, 0.6) is 11.5 Å². The molecule has 37 heavy (non-hydrogen) atoms. The lowest BCUT2D eigenvalue weighted by Gasteiger charge is -2.29. The van der Waals surface area contributed by atoms with Crippen LogP contribution in [-0.4, -0.2) is 6.61 Å². The van der Waals surface area contributed by atoms with E-state index in [4.69, 9.17) is 0 Å². The molecule has 0 saturated heterocycles. The zero-order valence-corrected chi connectivity index (χ0v) is 20.2. The van der Waals surface area contributed by atoms with Crippen molar-refractivity contribution in [1.29, 1.82) is 0 Å². The third-order valence-electron chi connectivity index (χ3n) is 6.56. The van der Waals surface area contributed by atoms with Gasteiger partial charge in [0.05, 0.1) is 12.2 Å². The minimum atomic E-state index is -5.73. The van der Waals surface area contributed by atoms with Crippen molar-refractivity contribution in [2.24, 2.45) is 5.92 Å². The van der Waals surface area contributed by atoms with Crippen LogP contribution < -0.4 is 9.47 Å². The average molecular weight is 542 g/mol. The molecule has 2 nitrogen and oxygen atoms in total. The summed E-state index contributed by atoms with van der Waals surface area (Å²) in [6.07, 6.45) is -10.6. The number of benzene rings is 2. The third kappa shape index (κ3) is 6.65. The van der Waals surface area contributed by atoms with E-state index in [0.29, 0.717) is 29.7 Å². The maximum Gasteiger partial charge on any atom is 0.429 e. The summed E-state index contributed by atoms with van der Waals surface area (Å²) >= 11 is 0. The molecule has 0 radical (unpaired) electrons. The van der Waals surface area contributed by atoms with Gasteiger partial charge >= 0.3 is 18.5 Å². The predicted octanol–water partition coefficient (Wildman–Crippen LogP) is 9.46. The molecule has 0 amide bonds. The Balaban J connectivity index is 1.95. The minimum absolute atomic E-state index is 0.0523. The maximum atomic E-state index is 14.9. The summed E-state index contributed by atoms with van der Waals surface area (Å²) in [5, 5.41) is 0. The maximum absolute atomic E-state index is 14.9. The van der Waals surface area contributed by atoms with Gasteiger partial charge in [0.2, 0.25) is 0 Å². The first-order valence-corrected chi connectivity index (χ1v) is 12.0. The van der Waals surface area contributed by atoms with E-state index in [0.717, 1.165) is 44.6 Å². The van der Waals surface area contributed by atoms with Gasteiger partial charge in [0, 0.05) is 0 Å². The van der Waals surface area contributed by atoms with Crippen LogP contribution in [-0.2, 0) is 18.5 Å². The van der Waals surface area contributed by atoms with Gasteiger partial charge in [-0.2, -0.15) is 35.1 Å². The molecule has 0 heterocycles. The molecular weight excluding hydrogens is 515 g/mol. The standard InChI is InChI=1S/C26H27F9O2/c1-3-5-15-6-8-16(9-7-15)17-10-11-18(19(27)14-17)26(34,35)37-21-13-12-20(36-4-2)22(24(28,29)30)23(21)25(31,32)33/h10-16H,3-9H2,1-2H3. The van der Waals surface area contributed by atoms with Gasteiger partial charge in [-0.1, -0.05) is 25.8 Å². The number of alkyl halides is 8. The second-order valence-electron chi connectivity index (χ2n) is 9.10. The molecule has 1 aliphatic rings. The van der Waals surface area contributed by atoms with Gasteiger partial charge in [0.1, 0.15) is 28.4 Å². The molecule has 0 bridgehead atoms. The number of hydrogen-bond donors (Lipinski definition) is 0. The van der Waals surface area contributed by atoms with E-state index in [1.165, 1.54) is 13.0 Å². The Labute approximate surface area is 208 Å². The first kappa shape index (κ1) is 29.0. The molecule has 1 aliphatic carbocycles. The SMILES string of the molecule is CCCC1CCC(c2ccc(C(F)(F)Oc3ccc(OCC)c(C(F)(F)F)c3C(F)(F)F)c(F)c2)CC1. The lowest BCUT2D eigenvalue weighted by atomic mass is 9.77. The first-order valence-electron chi connectivity index (χ1n) is 12.0. The molecule has 0 N–H and O–H groups in total. The molecule has 1 saturated carbocycles. The summed E-state index contributed by atoms with van der Waals surface area (Å²) in [7, 11) is 0. The Kier molecular flexibility index (Phi) is 8.64. The van der Waals surface area contributed by atoms with E-state index in [1.54, 1.807) is 0 Å². The summed E-state index contributed by atoms with van der Waals surface area (Å²) in [5.41, 5.74) is -5.69. The fourth-order valence-corrected chi connectivity index (χ4v) is 4.90. The summed E-state index contributed by atoms with van der Waals surface area (Å²) in [5.74, 6) is -3.91. The van der Waals surface area contributed by atoms with Crippen molar-refractivity contribution in [1.82, 2.24) is 0 Å². The van der Waals surface area contributed by atoms with Gasteiger partial charge in [-0.3, -0.25) is 0 Å². The minimum Gasteiger partial charge on any atom is -0.493 e. The average Bonchev–Trinajstić information content (AvgIpc) is 2.79. The second kappa shape index (κ2) is 11.0. The fourth-order valence-electron chi connectivity index (χ4n) is 4.90. The first-order chi connectivity index (χ1) is 17.2. The largest absolute Gasteiger partial charge is 0.493 e. The Bertz CT molecular complexity index is 1070. The van der Waals surface area contributed by atoms with Gasteiger partial charge in [0.25, 0.3) is 0 Å². The highest BCUT2D eigenvalue weighted by Crippen LogP contribution is 2.50. The monoisotopic (exact) mass is 542 g/mol. The number of ether oxygens (including phenoxy) is 2. The van der Waals surface area contributed by atoms with Gasteiger partial charge in [-0.25, -0.2) is 4.39 Å². The van der Waals surface area contributed by atoms with Crippen molar-refractivity contribution in [3.8, 4) is 11.5 Å². The van der Waals surface area contributed by atoms with Gasteiger partial charge in [-0.05, 0) is 74.3 Å². The van der Waals surface area contributed by atoms with Gasteiger partial charge in [0.15, 0.2) is 0 Å². The summed E-state index contributed by atoms with van der Waals surface area (Å²) in [6.45, 7) is 2.92. The molecule has 0 atom stereocenters. The van der Waals surface area contributed by atoms with Crippen LogP contribution in [0.25, 0.3) is 0 Å². The van der Waals surface area contributed by atoms with Gasteiger partial charge < -0.3 is 9.47 Å². The highest BCUT2D eigenvalue weighted by molar-refractivity contribution is 5.52. The van der Waals surface area contributed by atoms with Crippen LogP contribution >= 0.6 is 0 Å². The number of halogens is 9. The summed E-state index contributed by atoms with van der Waals surface area (Å²) in [4.78, 5) is 0. The molecule has 0 aromatic heterocycles. The van der Waals surface area contributed by atoms with Crippen molar-refractivity contribution < 1.29 is 49.0 Å². The Morgan fingerprint density at radius 2 is 1.35 bits per heavy atom. The zero-order valence-electron chi connectivity index (χ0n) is 20.2. The molecule has 2 aromatic rings. The van der Waals surface area contributed by atoms with E-state index in [9.17, 15) is 39.5 Å². The molecule has 11 heteroatoms. The van der Waals surface area contributed by atoms with E-state index in [2.05, 4.69) is 16.4 Å². The smallest absolute Gasteiger partial charge is 0.429 e. The van der Waals surface area contributed by atoms with Crippen molar-refractivity contribution in [2.45, 2.75) is 76.8 Å². The van der Waals surface area contributed by atoms with Crippen molar-refractivity contribution >= 4 is 0 Å². The second-order valence-corrected chi connectivity index (χ2v) is 9.10. The third-order valence-corrected chi connectivity index (χ3v) is 6.56. The van der Waals surface area contributed by atoms with Crippen LogP contribution in [0, 0.1) is 11.7 Å². The molecule has 2 aromatic carbocycles. The quantitative estimate of drug-likeness (QED) is 0.310. The molecule has 206 valence electrons.